The number of nitrogens with one attached hydrogen (secondary N) is 2. The van der Waals surface area contributed by atoms with E-state index in [9.17, 15) is 9.59 Å². The highest BCUT2D eigenvalue weighted by molar-refractivity contribution is 6.10. The number of amides is 2. The van der Waals surface area contributed by atoms with E-state index in [1.807, 2.05) is 12.1 Å². The minimum atomic E-state index is -0.00505. The zero-order valence-corrected chi connectivity index (χ0v) is 7.39. The Kier molecular flexibility index (Phi) is 1.27. The molecule has 2 N–H and O–H groups in total. The van der Waals surface area contributed by atoms with Crippen molar-refractivity contribution in [3.8, 4) is 0 Å². The molecule has 1 aromatic carbocycles. The fourth-order valence-corrected chi connectivity index (χ4v) is 1.98. The molecule has 0 saturated heterocycles. The molecule has 2 aliphatic rings. The summed E-state index contributed by atoms with van der Waals surface area (Å²) in [7, 11) is 0. The Morgan fingerprint density at radius 3 is 1.71 bits per heavy atom. The second-order valence-corrected chi connectivity index (χ2v) is 3.58. The van der Waals surface area contributed by atoms with Crippen molar-refractivity contribution in [3.05, 3.63) is 23.3 Å². The van der Waals surface area contributed by atoms with Crippen LogP contribution in [0.5, 0.6) is 0 Å². The van der Waals surface area contributed by atoms with Gasteiger partial charge in [0.05, 0.1) is 24.2 Å². The van der Waals surface area contributed by atoms with Crippen molar-refractivity contribution in [3.63, 3.8) is 0 Å². The van der Waals surface area contributed by atoms with Crippen LogP contribution in [0.3, 0.4) is 0 Å². The molecule has 2 heterocycles. The third kappa shape index (κ3) is 0.878. The molecule has 2 amide bonds. The highest BCUT2D eigenvalue weighted by Crippen LogP contribution is 2.37. The second kappa shape index (κ2) is 2.35. The van der Waals surface area contributed by atoms with E-state index in [4.69, 9.17) is 0 Å². The number of rotatable bonds is 0. The fourth-order valence-electron chi connectivity index (χ4n) is 1.98. The quantitative estimate of drug-likeness (QED) is 0.628. The Labute approximate surface area is 80.3 Å². The average molecular weight is 188 g/mol. The first-order valence-electron chi connectivity index (χ1n) is 4.48. The number of hydrogen-bond donors (Lipinski definition) is 2. The molecule has 0 radical (unpaired) electrons. The molecule has 0 unspecified atom stereocenters. The van der Waals surface area contributed by atoms with E-state index in [0.29, 0.717) is 12.8 Å². The summed E-state index contributed by atoms with van der Waals surface area (Å²) in [6, 6.07) is 3.82. The topological polar surface area (TPSA) is 58.2 Å². The molecule has 1 aromatic rings. The van der Waals surface area contributed by atoms with Gasteiger partial charge >= 0.3 is 0 Å². The van der Waals surface area contributed by atoms with Crippen LogP contribution in [0.2, 0.25) is 0 Å². The fraction of sp³-hybridized carbons (Fsp3) is 0.200. The molecule has 0 aliphatic carbocycles. The van der Waals surface area contributed by atoms with E-state index < -0.39 is 0 Å². The minimum Gasteiger partial charge on any atom is -0.324 e. The van der Waals surface area contributed by atoms with E-state index in [2.05, 4.69) is 10.6 Å². The van der Waals surface area contributed by atoms with E-state index in [1.54, 1.807) is 0 Å². The number of carbonyl (C=O) groups excluding carboxylic acids is 2. The van der Waals surface area contributed by atoms with Crippen LogP contribution < -0.4 is 10.6 Å². The van der Waals surface area contributed by atoms with Gasteiger partial charge in [0.1, 0.15) is 0 Å². The number of carbonyl (C=O) groups is 2. The molecule has 0 atom stereocenters. The first-order valence-corrected chi connectivity index (χ1v) is 4.48. The number of hydrogen-bond acceptors (Lipinski definition) is 2. The van der Waals surface area contributed by atoms with Gasteiger partial charge in [0.15, 0.2) is 0 Å². The molecule has 14 heavy (non-hydrogen) atoms. The molecule has 0 fully saturated rings. The van der Waals surface area contributed by atoms with Gasteiger partial charge in [-0.05, 0) is 11.1 Å². The van der Waals surface area contributed by atoms with Gasteiger partial charge in [0, 0.05) is 0 Å². The Balaban J connectivity index is 2.19. The maximum absolute atomic E-state index is 11.2. The third-order valence-electron chi connectivity index (χ3n) is 2.61. The minimum absolute atomic E-state index is 0.00505. The maximum atomic E-state index is 11.2. The summed E-state index contributed by atoms with van der Waals surface area (Å²) in [6.45, 7) is 0. The van der Waals surface area contributed by atoms with Crippen molar-refractivity contribution >= 4 is 23.2 Å². The van der Waals surface area contributed by atoms with Crippen LogP contribution in [0.25, 0.3) is 0 Å². The smallest absolute Gasteiger partial charge is 0.228 e. The van der Waals surface area contributed by atoms with Crippen molar-refractivity contribution < 1.29 is 9.59 Å². The predicted octanol–water partition coefficient (Wildman–Crippen LogP) is 0.676. The first kappa shape index (κ1) is 7.55. The third-order valence-corrected chi connectivity index (χ3v) is 2.61. The van der Waals surface area contributed by atoms with Gasteiger partial charge in [-0.1, -0.05) is 12.1 Å². The zero-order chi connectivity index (χ0) is 9.71. The Bertz CT molecular complexity index is 422. The lowest BCUT2D eigenvalue weighted by Crippen LogP contribution is -2.07. The lowest BCUT2D eigenvalue weighted by Gasteiger charge is -2.05. The standard InChI is InChI=1S/C10H8N2O2/c13-7-3-5-1-2-6-4-8(14)12-10(6)9(5)11-7/h1-2H,3-4H2,(H,11,13)(H,12,14). The maximum Gasteiger partial charge on any atom is 0.228 e. The molecule has 4 heteroatoms. The first-order chi connectivity index (χ1) is 6.74. The lowest BCUT2D eigenvalue weighted by molar-refractivity contribution is -0.116. The van der Waals surface area contributed by atoms with Gasteiger partial charge in [0.2, 0.25) is 11.8 Å². The van der Waals surface area contributed by atoms with Crippen molar-refractivity contribution in [2.75, 3.05) is 10.6 Å². The van der Waals surface area contributed by atoms with Crippen LogP contribution in [0.1, 0.15) is 11.1 Å². The van der Waals surface area contributed by atoms with Crippen molar-refractivity contribution in [1.82, 2.24) is 0 Å². The van der Waals surface area contributed by atoms with E-state index >= 15 is 0 Å². The molecular formula is C10H8N2O2. The molecule has 0 aromatic heterocycles. The van der Waals surface area contributed by atoms with Crippen molar-refractivity contribution in [2.45, 2.75) is 12.8 Å². The van der Waals surface area contributed by atoms with Crippen LogP contribution in [-0.4, -0.2) is 11.8 Å². The van der Waals surface area contributed by atoms with E-state index in [-0.39, 0.29) is 11.8 Å². The van der Waals surface area contributed by atoms with Gasteiger partial charge in [-0.2, -0.15) is 0 Å². The van der Waals surface area contributed by atoms with Crippen molar-refractivity contribution in [1.29, 1.82) is 0 Å². The van der Waals surface area contributed by atoms with E-state index in [0.717, 1.165) is 22.5 Å². The Hall–Kier alpha value is -1.84. The summed E-state index contributed by atoms with van der Waals surface area (Å²) < 4.78 is 0. The number of fused-ring (bicyclic) bond motifs is 3. The normalized spacial score (nSPS) is 17.4. The molecule has 2 aliphatic heterocycles. The predicted molar refractivity (Wildman–Crippen MR) is 51.1 cm³/mol. The highest BCUT2D eigenvalue weighted by Gasteiger charge is 2.27. The summed E-state index contributed by atoms with van der Waals surface area (Å²) in [6.07, 6.45) is 0.830. The van der Waals surface area contributed by atoms with Gasteiger partial charge in [-0.25, -0.2) is 0 Å². The van der Waals surface area contributed by atoms with Gasteiger partial charge in [-0.3, -0.25) is 9.59 Å². The van der Waals surface area contributed by atoms with E-state index in [1.165, 1.54) is 0 Å². The average Bonchev–Trinajstić information content (AvgIpc) is 2.65. The number of benzene rings is 1. The molecule has 4 nitrogen and oxygen atoms in total. The lowest BCUT2D eigenvalue weighted by atomic mass is 10.1. The summed E-state index contributed by atoms with van der Waals surface area (Å²) >= 11 is 0. The molecule has 0 spiro atoms. The summed E-state index contributed by atoms with van der Waals surface area (Å²) in [4.78, 5) is 22.3. The Morgan fingerprint density at radius 2 is 1.29 bits per heavy atom. The molecule has 0 saturated carbocycles. The van der Waals surface area contributed by atoms with Gasteiger partial charge < -0.3 is 10.6 Å². The SMILES string of the molecule is O=C1Cc2ccc3c(c2N1)NC(=O)C3. The molecular weight excluding hydrogens is 180 g/mol. The monoisotopic (exact) mass is 188 g/mol. The van der Waals surface area contributed by atoms with Crippen LogP contribution >= 0.6 is 0 Å². The molecule has 0 bridgehead atoms. The Morgan fingerprint density at radius 1 is 0.857 bits per heavy atom. The summed E-state index contributed by atoms with van der Waals surface area (Å²) in [5.41, 5.74) is 3.52. The molecule has 70 valence electrons. The van der Waals surface area contributed by atoms with Crippen LogP contribution in [0, 0.1) is 0 Å². The largest absolute Gasteiger partial charge is 0.324 e. The van der Waals surface area contributed by atoms with Crippen LogP contribution in [0.4, 0.5) is 11.4 Å². The summed E-state index contributed by atoms with van der Waals surface area (Å²) in [5.74, 6) is -0.0101. The van der Waals surface area contributed by atoms with Crippen LogP contribution in [-0.2, 0) is 22.4 Å². The van der Waals surface area contributed by atoms with Crippen molar-refractivity contribution in [2.24, 2.45) is 0 Å². The van der Waals surface area contributed by atoms with Gasteiger partial charge in [0.25, 0.3) is 0 Å². The van der Waals surface area contributed by atoms with Gasteiger partial charge in [-0.15, -0.1) is 0 Å². The summed E-state index contributed by atoms with van der Waals surface area (Å²) in [5, 5.41) is 5.53. The molecule has 3 rings (SSSR count). The highest BCUT2D eigenvalue weighted by atomic mass is 16.2. The van der Waals surface area contributed by atoms with Crippen LogP contribution in [0.15, 0.2) is 12.1 Å². The zero-order valence-electron chi connectivity index (χ0n) is 7.39. The number of anilines is 2. The second-order valence-electron chi connectivity index (χ2n) is 3.58.